The molecule has 0 saturated heterocycles. The molecule has 2 N–H and O–H groups in total. The summed E-state index contributed by atoms with van der Waals surface area (Å²) in [5, 5.41) is 2.96. The second-order valence-corrected chi connectivity index (χ2v) is 4.10. The standard InChI is InChI=1S/C10H6BrF3N2O/c11-6-4-2-1-3-5(6)7-8(10(12,13)14)16-17-9(7)15/h1-4H,15H2. The van der Waals surface area contributed by atoms with Crippen molar-refractivity contribution in [3.8, 4) is 11.1 Å². The fraction of sp³-hybridized carbons (Fsp3) is 0.100. The predicted octanol–water partition coefficient (Wildman–Crippen LogP) is 3.71. The Hall–Kier alpha value is -1.50. The maximum Gasteiger partial charge on any atom is 0.437 e. The van der Waals surface area contributed by atoms with Gasteiger partial charge in [-0.25, -0.2) is 0 Å². The third-order valence-corrected chi connectivity index (χ3v) is 2.82. The van der Waals surface area contributed by atoms with Gasteiger partial charge in [-0.05, 0) is 6.07 Å². The van der Waals surface area contributed by atoms with E-state index in [1.54, 1.807) is 18.2 Å². The van der Waals surface area contributed by atoms with Crippen molar-refractivity contribution < 1.29 is 17.7 Å². The van der Waals surface area contributed by atoms with E-state index >= 15 is 0 Å². The highest BCUT2D eigenvalue weighted by Crippen LogP contribution is 2.41. The van der Waals surface area contributed by atoms with E-state index in [-0.39, 0.29) is 11.4 Å². The van der Waals surface area contributed by atoms with Gasteiger partial charge in [-0.1, -0.05) is 39.3 Å². The number of halogens is 4. The molecular weight excluding hydrogens is 301 g/mol. The third kappa shape index (κ3) is 2.14. The van der Waals surface area contributed by atoms with Crippen molar-refractivity contribution >= 4 is 21.8 Å². The molecule has 0 radical (unpaired) electrons. The lowest BCUT2D eigenvalue weighted by Crippen LogP contribution is -2.07. The lowest BCUT2D eigenvalue weighted by Gasteiger charge is -2.07. The van der Waals surface area contributed by atoms with Gasteiger partial charge in [0.2, 0.25) is 5.88 Å². The first-order valence-electron chi connectivity index (χ1n) is 4.48. The van der Waals surface area contributed by atoms with Gasteiger partial charge >= 0.3 is 6.18 Å². The van der Waals surface area contributed by atoms with Crippen molar-refractivity contribution in [3.63, 3.8) is 0 Å². The number of alkyl halides is 3. The molecule has 0 aliphatic carbocycles. The van der Waals surface area contributed by atoms with E-state index in [2.05, 4.69) is 25.6 Å². The number of hydrogen-bond donors (Lipinski definition) is 1. The van der Waals surface area contributed by atoms with Gasteiger partial charge in [0.05, 0.1) is 5.56 Å². The fourth-order valence-corrected chi connectivity index (χ4v) is 1.90. The largest absolute Gasteiger partial charge is 0.437 e. The molecule has 1 aromatic carbocycles. The minimum atomic E-state index is -4.61. The highest BCUT2D eigenvalue weighted by molar-refractivity contribution is 9.10. The highest BCUT2D eigenvalue weighted by atomic mass is 79.9. The zero-order valence-corrected chi connectivity index (χ0v) is 9.84. The van der Waals surface area contributed by atoms with Crippen molar-refractivity contribution in [1.82, 2.24) is 5.16 Å². The molecule has 0 unspecified atom stereocenters. The zero-order valence-electron chi connectivity index (χ0n) is 8.25. The average Bonchev–Trinajstić information content (AvgIpc) is 2.60. The lowest BCUT2D eigenvalue weighted by molar-refractivity contribution is -0.142. The number of nitrogens with two attached hydrogens (primary N) is 1. The van der Waals surface area contributed by atoms with E-state index < -0.39 is 11.9 Å². The van der Waals surface area contributed by atoms with Gasteiger partial charge < -0.3 is 10.3 Å². The molecular formula is C10H6BrF3N2O. The summed E-state index contributed by atoms with van der Waals surface area (Å²) in [4.78, 5) is 0. The van der Waals surface area contributed by atoms with Crippen LogP contribution in [0.4, 0.5) is 19.1 Å². The van der Waals surface area contributed by atoms with E-state index in [1.165, 1.54) is 6.07 Å². The van der Waals surface area contributed by atoms with Crippen molar-refractivity contribution in [1.29, 1.82) is 0 Å². The zero-order chi connectivity index (χ0) is 12.6. The molecule has 17 heavy (non-hydrogen) atoms. The van der Waals surface area contributed by atoms with Gasteiger partial charge in [0.25, 0.3) is 0 Å². The number of benzene rings is 1. The Morgan fingerprint density at radius 2 is 1.88 bits per heavy atom. The Morgan fingerprint density at radius 3 is 2.47 bits per heavy atom. The van der Waals surface area contributed by atoms with E-state index in [0.717, 1.165) is 0 Å². The summed E-state index contributed by atoms with van der Waals surface area (Å²) in [6.45, 7) is 0. The molecule has 0 saturated carbocycles. The molecule has 0 aliphatic heterocycles. The highest BCUT2D eigenvalue weighted by Gasteiger charge is 2.39. The molecule has 2 rings (SSSR count). The van der Waals surface area contributed by atoms with Gasteiger partial charge in [0, 0.05) is 10.0 Å². The Balaban J connectivity index is 2.68. The van der Waals surface area contributed by atoms with E-state index in [9.17, 15) is 13.2 Å². The molecule has 7 heteroatoms. The van der Waals surface area contributed by atoms with E-state index in [1.807, 2.05) is 0 Å². The first-order chi connectivity index (χ1) is 7.91. The Labute approximate surface area is 103 Å². The summed E-state index contributed by atoms with van der Waals surface area (Å²) >= 11 is 3.16. The Kier molecular flexibility index (Phi) is 2.86. The Morgan fingerprint density at radius 1 is 1.24 bits per heavy atom. The average molecular weight is 307 g/mol. The number of nitrogen functional groups attached to an aromatic ring is 1. The third-order valence-electron chi connectivity index (χ3n) is 2.13. The molecule has 2 aromatic rings. The Bertz CT molecular complexity index is 551. The van der Waals surface area contributed by atoms with Crippen LogP contribution in [0.2, 0.25) is 0 Å². The predicted molar refractivity (Wildman–Crippen MR) is 59.1 cm³/mol. The van der Waals surface area contributed by atoms with Crippen LogP contribution in [0.25, 0.3) is 11.1 Å². The maximum atomic E-state index is 12.7. The minimum absolute atomic E-state index is 0.245. The summed E-state index contributed by atoms with van der Waals surface area (Å²) in [6, 6.07) is 6.40. The second kappa shape index (κ2) is 4.06. The lowest BCUT2D eigenvalue weighted by atomic mass is 10.1. The quantitative estimate of drug-likeness (QED) is 0.874. The second-order valence-electron chi connectivity index (χ2n) is 3.25. The molecule has 0 aliphatic rings. The van der Waals surface area contributed by atoms with Crippen molar-refractivity contribution in [2.24, 2.45) is 0 Å². The fourth-order valence-electron chi connectivity index (χ4n) is 1.42. The van der Waals surface area contributed by atoms with Gasteiger partial charge in [-0.15, -0.1) is 0 Å². The van der Waals surface area contributed by atoms with Crippen LogP contribution in [0, 0.1) is 0 Å². The molecule has 1 aromatic heterocycles. The minimum Gasteiger partial charge on any atom is -0.367 e. The normalized spacial score (nSPS) is 11.8. The first kappa shape index (κ1) is 12.0. The molecule has 3 nitrogen and oxygen atoms in total. The van der Waals surface area contributed by atoms with Crippen LogP contribution in [-0.2, 0) is 6.18 Å². The summed E-state index contributed by atoms with van der Waals surface area (Å²) in [5.41, 5.74) is 4.31. The van der Waals surface area contributed by atoms with Crippen molar-refractivity contribution in [3.05, 3.63) is 34.4 Å². The molecule has 1 heterocycles. The molecule has 0 bridgehead atoms. The SMILES string of the molecule is Nc1onc(C(F)(F)F)c1-c1ccccc1Br. The molecule has 0 fully saturated rings. The first-order valence-corrected chi connectivity index (χ1v) is 5.28. The number of rotatable bonds is 1. The monoisotopic (exact) mass is 306 g/mol. The smallest absolute Gasteiger partial charge is 0.367 e. The molecule has 90 valence electrons. The summed E-state index contributed by atoms with van der Waals surface area (Å²) in [7, 11) is 0. The number of anilines is 1. The van der Waals surface area contributed by atoms with Crippen molar-refractivity contribution in [2.75, 3.05) is 5.73 Å². The molecule has 0 spiro atoms. The number of aromatic nitrogens is 1. The van der Waals surface area contributed by atoms with Gasteiger partial charge in [-0.3, -0.25) is 0 Å². The van der Waals surface area contributed by atoms with Gasteiger partial charge in [0.15, 0.2) is 5.69 Å². The number of nitrogens with zero attached hydrogens (tertiary/aromatic N) is 1. The van der Waals surface area contributed by atoms with E-state index in [4.69, 9.17) is 5.73 Å². The van der Waals surface area contributed by atoms with Crippen LogP contribution in [0.3, 0.4) is 0 Å². The summed E-state index contributed by atoms with van der Waals surface area (Å²) in [6.07, 6.45) is -4.61. The van der Waals surface area contributed by atoms with Gasteiger partial charge in [-0.2, -0.15) is 13.2 Å². The van der Waals surface area contributed by atoms with Crippen molar-refractivity contribution in [2.45, 2.75) is 6.18 Å². The van der Waals surface area contributed by atoms with Gasteiger partial charge in [0.1, 0.15) is 0 Å². The van der Waals surface area contributed by atoms with Crippen LogP contribution in [0.5, 0.6) is 0 Å². The summed E-state index contributed by atoms with van der Waals surface area (Å²) < 4.78 is 43.0. The van der Waals surface area contributed by atoms with E-state index in [0.29, 0.717) is 10.0 Å². The van der Waals surface area contributed by atoms with Crippen LogP contribution >= 0.6 is 15.9 Å². The summed E-state index contributed by atoms with van der Waals surface area (Å²) in [5.74, 6) is -0.357. The molecule has 0 amide bonds. The molecule has 0 atom stereocenters. The van der Waals surface area contributed by atoms with Crippen LogP contribution in [0.1, 0.15) is 5.69 Å². The topological polar surface area (TPSA) is 52.0 Å². The number of hydrogen-bond acceptors (Lipinski definition) is 3. The van der Waals surface area contributed by atoms with Crippen LogP contribution in [-0.4, -0.2) is 5.16 Å². The van der Waals surface area contributed by atoms with Crippen LogP contribution in [0.15, 0.2) is 33.3 Å². The maximum absolute atomic E-state index is 12.7. The van der Waals surface area contributed by atoms with Crippen LogP contribution < -0.4 is 5.73 Å².